The van der Waals surface area contributed by atoms with Gasteiger partial charge in [-0.3, -0.25) is 0 Å². The number of furan rings is 1. The van der Waals surface area contributed by atoms with Crippen molar-refractivity contribution < 1.29 is 4.42 Å². The molecule has 0 atom stereocenters. The molecule has 0 fully saturated rings. The monoisotopic (exact) mass is 611 g/mol. The van der Waals surface area contributed by atoms with Crippen molar-refractivity contribution in [3.05, 3.63) is 176 Å². The molecule has 10 aromatic rings. The summed E-state index contributed by atoms with van der Waals surface area (Å²) >= 11 is 0. The van der Waals surface area contributed by atoms with E-state index in [-0.39, 0.29) is 0 Å². The van der Waals surface area contributed by atoms with Crippen LogP contribution >= 0.6 is 0 Å². The van der Waals surface area contributed by atoms with E-state index in [2.05, 4.69) is 169 Å². The van der Waals surface area contributed by atoms with Crippen LogP contribution in [0.5, 0.6) is 0 Å². The molecule has 0 aliphatic carbocycles. The van der Waals surface area contributed by atoms with Crippen LogP contribution in [-0.2, 0) is 0 Å². The molecule has 0 unspecified atom stereocenters. The summed E-state index contributed by atoms with van der Waals surface area (Å²) in [7, 11) is 0. The van der Waals surface area contributed by atoms with Crippen LogP contribution in [0.2, 0.25) is 0 Å². The fourth-order valence-electron chi connectivity index (χ4n) is 7.52. The Morgan fingerprint density at radius 3 is 1.92 bits per heavy atom. The van der Waals surface area contributed by atoms with Crippen LogP contribution in [0.25, 0.3) is 76.2 Å². The lowest BCUT2D eigenvalue weighted by Gasteiger charge is -2.28. The maximum absolute atomic E-state index is 6.24. The third-order valence-corrected chi connectivity index (χ3v) is 9.76. The molecule has 2 nitrogen and oxygen atoms in total. The number of benzene rings is 9. The molecule has 48 heavy (non-hydrogen) atoms. The third kappa shape index (κ3) is 4.20. The summed E-state index contributed by atoms with van der Waals surface area (Å²) < 4.78 is 6.24. The molecule has 9 aromatic carbocycles. The van der Waals surface area contributed by atoms with Crippen LogP contribution < -0.4 is 4.90 Å². The van der Waals surface area contributed by atoms with Crippen LogP contribution in [-0.4, -0.2) is 0 Å². The molecule has 224 valence electrons. The van der Waals surface area contributed by atoms with Crippen molar-refractivity contribution in [3.8, 4) is 11.1 Å². The molecule has 0 saturated carbocycles. The number of para-hydroxylation sites is 1. The average Bonchev–Trinajstić information content (AvgIpc) is 3.51. The zero-order valence-electron chi connectivity index (χ0n) is 26.1. The third-order valence-electron chi connectivity index (χ3n) is 9.76. The molecule has 0 saturated heterocycles. The van der Waals surface area contributed by atoms with Crippen molar-refractivity contribution in [1.29, 1.82) is 0 Å². The Morgan fingerprint density at radius 2 is 1.02 bits per heavy atom. The summed E-state index contributed by atoms with van der Waals surface area (Å²) in [6.07, 6.45) is 0. The predicted octanol–water partition coefficient (Wildman–Crippen LogP) is 13.3. The second kappa shape index (κ2) is 10.6. The first-order valence-electron chi connectivity index (χ1n) is 16.4. The van der Waals surface area contributed by atoms with Gasteiger partial charge >= 0.3 is 0 Å². The van der Waals surface area contributed by atoms with Gasteiger partial charge in [0, 0.05) is 27.5 Å². The molecule has 0 aliphatic heterocycles. The normalized spacial score (nSPS) is 11.8. The summed E-state index contributed by atoms with van der Waals surface area (Å²) in [5.41, 5.74) is 7.56. The van der Waals surface area contributed by atoms with Gasteiger partial charge in [-0.05, 0) is 97.4 Å². The van der Waals surface area contributed by atoms with Gasteiger partial charge < -0.3 is 9.32 Å². The van der Waals surface area contributed by atoms with E-state index < -0.39 is 0 Å². The highest BCUT2D eigenvalue weighted by Crippen LogP contribution is 2.45. The molecular weight excluding hydrogens is 583 g/mol. The SMILES string of the molecule is c1ccc(-c2cccc(N(c3ccc4cc5oc6ccccc6c5cc4c3)c3cc4ccc5ccccc5c4c4ccccc34)c2)cc1. The highest BCUT2D eigenvalue weighted by Gasteiger charge is 2.20. The van der Waals surface area contributed by atoms with Crippen LogP contribution in [0.1, 0.15) is 0 Å². The van der Waals surface area contributed by atoms with Gasteiger partial charge in [0.25, 0.3) is 0 Å². The Kier molecular flexibility index (Phi) is 5.91. The second-order valence-corrected chi connectivity index (χ2v) is 12.6. The maximum atomic E-state index is 6.24. The Labute approximate surface area is 277 Å². The van der Waals surface area contributed by atoms with Gasteiger partial charge in [-0.1, -0.05) is 127 Å². The van der Waals surface area contributed by atoms with Crippen LogP contribution in [0.4, 0.5) is 17.1 Å². The highest BCUT2D eigenvalue weighted by atomic mass is 16.3. The lowest BCUT2D eigenvalue weighted by atomic mass is 9.94. The van der Waals surface area contributed by atoms with Crippen molar-refractivity contribution in [2.75, 3.05) is 4.90 Å². The lowest BCUT2D eigenvalue weighted by Crippen LogP contribution is -2.11. The van der Waals surface area contributed by atoms with E-state index >= 15 is 0 Å². The summed E-state index contributed by atoms with van der Waals surface area (Å²) in [6, 6.07) is 63.5. The smallest absolute Gasteiger partial charge is 0.136 e. The van der Waals surface area contributed by atoms with Gasteiger partial charge in [0.2, 0.25) is 0 Å². The zero-order chi connectivity index (χ0) is 31.6. The van der Waals surface area contributed by atoms with Gasteiger partial charge in [-0.15, -0.1) is 0 Å². The number of hydrogen-bond donors (Lipinski definition) is 0. The van der Waals surface area contributed by atoms with Crippen molar-refractivity contribution in [1.82, 2.24) is 0 Å². The summed E-state index contributed by atoms with van der Waals surface area (Å²) in [5, 5.41) is 12.1. The fraction of sp³-hybridized carbons (Fsp3) is 0. The summed E-state index contributed by atoms with van der Waals surface area (Å²) in [6.45, 7) is 0. The molecule has 0 spiro atoms. The molecule has 0 N–H and O–H groups in total. The Bertz CT molecular complexity index is 2850. The average molecular weight is 612 g/mol. The number of fused-ring (bicyclic) bond motifs is 9. The van der Waals surface area contributed by atoms with E-state index in [1.165, 1.54) is 48.8 Å². The first-order valence-corrected chi connectivity index (χ1v) is 16.4. The van der Waals surface area contributed by atoms with E-state index in [9.17, 15) is 0 Å². The number of anilines is 3. The van der Waals surface area contributed by atoms with Gasteiger partial charge in [-0.25, -0.2) is 0 Å². The van der Waals surface area contributed by atoms with Gasteiger partial charge in [0.05, 0.1) is 5.69 Å². The maximum Gasteiger partial charge on any atom is 0.136 e. The van der Waals surface area contributed by atoms with E-state index in [1.807, 2.05) is 12.1 Å². The largest absolute Gasteiger partial charge is 0.456 e. The number of hydrogen-bond acceptors (Lipinski definition) is 2. The molecule has 0 bridgehead atoms. The Balaban J connectivity index is 1.26. The number of rotatable bonds is 4. The van der Waals surface area contributed by atoms with E-state index in [4.69, 9.17) is 4.42 Å². The molecule has 0 aliphatic rings. The molecule has 0 radical (unpaired) electrons. The fourth-order valence-corrected chi connectivity index (χ4v) is 7.52. The quantitative estimate of drug-likeness (QED) is 0.184. The zero-order valence-corrected chi connectivity index (χ0v) is 26.1. The van der Waals surface area contributed by atoms with Crippen LogP contribution in [0, 0.1) is 0 Å². The minimum Gasteiger partial charge on any atom is -0.456 e. The van der Waals surface area contributed by atoms with Gasteiger partial charge in [-0.2, -0.15) is 0 Å². The van der Waals surface area contributed by atoms with E-state index in [0.29, 0.717) is 0 Å². The number of nitrogens with zero attached hydrogens (tertiary/aromatic N) is 1. The molecule has 2 heteroatoms. The molecular formula is C46H29NO. The minimum atomic E-state index is 0.914. The lowest BCUT2D eigenvalue weighted by molar-refractivity contribution is 0.669. The minimum absolute atomic E-state index is 0.914. The van der Waals surface area contributed by atoms with Crippen molar-refractivity contribution in [2.45, 2.75) is 0 Å². The Hall–Kier alpha value is -6.38. The highest BCUT2D eigenvalue weighted by molar-refractivity contribution is 6.23. The first kappa shape index (κ1) is 26.8. The standard InChI is InChI=1S/C46H29NO/c1-2-11-30(12-3-1)32-14-10-15-36(25-32)47(37-24-23-33-29-45-42(27-35(33)26-37)40-18-8-9-20-44(40)48-45)43-28-34-22-21-31-13-4-5-16-38(31)46(34)41-19-7-6-17-39(41)43/h1-29H. The second-order valence-electron chi connectivity index (χ2n) is 12.6. The molecule has 1 aromatic heterocycles. The van der Waals surface area contributed by atoms with Gasteiger partial charge in [0.1, 0.15) is 11.2 Å². The van der Waals surface area contributed by atoms with Crippen LogP contribution in [0.15, 0.2) is 180 Å². The predicted molar refractivity (Wildman–Crippen MR) is 204 cm³/mol. The summed E-state index contributed by atoms with van der Waals surface area (Å²) in [4.78, 5) is 2.43. The molecule has 1 heterocycles. The Morgan fingerprint density at radius 1 is 0.333 bits per heavy atom. The van der Waals surface area contributed by atoms with Crippen LogP contribution in [0.3, 0.4) is 0 Å². The van der Waals surface area contributed by atoms with Crippen molar-refractivity contribution in [3.63, 3.8) is 0 Å². The topological polar surface area (TPSA) is 16.4 Å². The molecule has 0 amide bonds. The van der Waals surface area contributed by atoms with Crippen molar-refractivity contribution >= 4 is 82.1 Å². The van der Waals surface area contributed by atoms with E-state index in [1.54, 1.807) is 0 Å². The first-order chi connectivity index (χ1) is 23.8. The van der Waals surface area contributed by atoms with E-state index in [0.717, 1.165) is 44.4 Å². The van der Waals surface area contributed by atoms with Gasteiger partial charge in [0.15, 0.2) is 0 Å². The summed E-state index contributed by atoms with van der Waals surface area (Å²) in [5.74, 6) is 0. The van der Waals surface area contributed by atoms with Crippen molar-refractivity contribution in [2.24, 2.45) is 0 Å². The molecule has 10 rings (SSSR count).